The minimum Gasteiger partial charge on any atom is -0.308 e. The molecule has 110 valence electrons. The number of piperazine rings is 1. The lowest BCUT2D eigenvalue weighted by atomic mass is 10.1. The molecule has 0 bridgehead atoms. The number of nitrogens with zero attached hydrogens (tertiary/aromatic N) is 4. The van der Waals surface area contributed by atoms with Crippen LogP contribution in [0.3, 0.4) is 0 Å². The van der Waals surface area contributed by atoms with Crippen LogP contribution in [0.25, 0.3) is 0 Å². The Morgan fingerprint density at radius 3 is 2.95 bits per heavy atom. The minimum absolute atomic E-state index is 0.528. The molecular weight excluding hydrogens is 250 g/mol. The van der Waals surface area contributed by atoms with Crippen molar-refractivity contribution in [2.45, 2.75) is 37.9 Å². The van der Waals surface area contributed by atoms with Gasteiger partial charge in [0, 0.05) is 50.9 Å². The van der Waals surface area contributed by atoms with Gasteiger partial charge in [-0.15, -0.1) is 0 Å². The standard InChI is InChI=1S/C15H25N5/c1-19-7-8-20(2)14(11-19)9-15-16-6-5-13(18-15)10-17-12-3-4-12/h5-6,12,14,17H,3-4,7-11H2,1-2H3. The van der Waals surface area contributed by atoms with Crippen molar-refractivity contribution in [2.24, 2.45) is 0 Å². The summed E-state index contributed by atoms with van der Waals surface area (Å²) in [6, 6.07) is 3.28. The van der Waals surface area contributed by atoms with E-state index in [4.69, 9.17) is 4.98 Å². The predicted octanol–water partition coefficient (Wildman–Crippen LogP) is 0.517. The van der Waals surface area contributed by atoms with Crippen LogP contribution in [-0.4, -0.2) is 65.6 Å². The molecule has 1 atom stereocenters. The van der Waals surface area contributed by atoms with Crippen LogP contribution in [-0.2, 0) is 13.0 Å². The number of nitrogens with one attached hydrogen (secondary N) is 1. The molecule has 20 heavy (non-hydrogen) atoms. The van der Waals surface area contributed by atoms with Gasteiger partial charge in [-0.2, -0.15) is 0 Å². The van der Waals surface area contributed by atoms with E-state index in [9.17, 15) is 0 Å². The number of likely N-dealkylation sites (N-methyl/N-ethyl adjacent to an activating group) is 2. The summed E-state index contributed by atoms with van der Waals surface area (Å²) in [5.74, 6) is 0.979. The normalized spacial score (nSPS) is 25.0. The van der Waals surface area contributed by atoms with E-state index in [1.54, 1.807) is 0 Å². The topological polar surface area (TPSA) is 44.3 Å². The fourth-order valence-corrected chi connectivity index (χ4v) is 2.71. The van der Waals surface area contributed by atoms with E-state index in [1.165, 1.54) is 12.8 Å². The lowest BCUT2D eigenvalue weighted by Crippen LogP contribution is -2.51. The van der Waals surface area contributed by atoms with Gasteiger partial charge in [-0.1, -0.05) is 0 Å². The lowest BCUT2D eigenvalue weighted by Gasteiger charge is -2.37. The Bertz CT molecular complexity index is 446. The minimum atomic E-state index is 0.528. The second-order valence-corrected chi connectivity index (χ2v) is 6.22. The highest BCUT2D eigenvalue weighted by atomic mass is 15.3. The first-order valence-electron chi connectivity index (χ1n) is 7.63. The quantitative estimate of drug-likeness (QED) is 0.848. The second kappa shape index (κ2) is 6.16. The van der Waals surface area contributed by atoms with Gasteiger partial charge >= 0.3 is 0 Å². The summed E-state index contributed by atoms with van der Waals surface area (Å²) in [5.41, 5.74) is 1.12. The van der Waals surface area contributed by atoms with Crippen LogP contribution >= 0.6 is 0 Å². The van der Waals surface area contributed by atoms with Gasteiger partial charge in [0.1, 0.15) is 5.82 Å². The van der Waals surface area contributed by atoms with Gasteiger partial charge in [-0.25, -0.2) is 9.97 Å². The Kier molecular flexibility index (Phi) is 4.29. The van der Waals surface area contributed by atoms with Gasteiger partial charge in [-0.05, 0) is 33.0 Å². The molecule has 0 aromatic carbocycles. The molecular formula is C15H25N5. The van der Waals surface area contributed by atoms with Crippen molar-refractivity contribution in [3.8, 4) is 0 Å². The van der Waals surface area contributed by atoms with Crippen LogP contribution in [0.15, 0.2) is 12.3 Å². The molecule has 2 fully saturated rings. The SMILES string of the molecule is CN1CCN(C)C(Cc2nccc(CNC3CC3)n2)C1. The third kappa shape index (κ3) is 3.75. The molecule has 2 aliphatic rings. The van der Waals surface area contributed by atoms with Crippen LogP contribution in [0.1, 0.15) is 24.4 Å². The molecule has 1 aromatic rings. The first kappa shape index (κ1) is 13.9. The maximum atomic E-state index is 4.71. The van der Waals surface area contributed by atoms with E-state index in [0.29, 0.717) is 6.04 Å². The average Bonchev–Trinajstić information content (AvgIpc) is 3.25. The van der Waals surface area contributed by atoms with E-state index in [1.807, 2.05) is 12.3 Å². The molecule has 1 aliphatic heterocycles. The van der Waals surface area contributed by atoms with E-state index in [0.717, 1.165) is 50.2 Å². The van der Waals surface area contributed by atoms with Crippen molar-refractivity contribution in [3.63, 3.8) is 0 Å². The van der Waals surface area contributed by atoms with Crippen molar-refractivity contribution in [3.05, 3.63) is 23.8 Å². The molecule has 2 heterocycles. The monoisotopic (exact) mass is 275 g/mol. The number of rotatable bonds is 5. The van der Waals surface area contributed by atoms with Crippen LogP contribution < -0.4 is 5.32 Å². The second-order valence-electron chi connectivity index (χ2n) is 6.22. The lowest BCUT2D eigenvalue weighted by molar-refractivity contribution is 0.113. The van der Waals surface area contributed by atoms with Gasteiger partial charge in [0.05, 0.1) is 5.69 Å². The third-order valence-electron chi connectivity index (χ3n) is 4.31. The van der Waals surface area contributed by atoms with E-state index >= 15 is 0 Å². The van der Waals surface area contributed by atoms with Gasteiger partial charge in [0.25, 0.3) is 0 Å². The van der Waals surface area contributed by atoms with Crippen molar-refractivity contribution >= 4 is 0 Å². The summed E-state index contributed by atoms with van der Waals surface area (Å²) in [6.07, 6.45) is 5.48. The Balaban J connectivity index is 1.59. The van der Waals surface area contributed by atoms with Gasteiger partial charge in [0.2, 0.25) is 0 Å². The molecule has 0 spiro atoms. The van der Waals surface area contributed by atoms with Crippen LogP contribution in [0.4, 0.5) is 0 Å². The summed E-state index contributed by atoms with van der Waals surface area (Å²) in [6.45, 7) is 4.26. The zero-order valence-electron chi connectivity index (χ0n) is 12.5. The number of aromatic nitrogens is 2. The van der Waals surface area contributed by atoms with Gasteiger partial charge in [0.15, 0.2) is 0 Å². The molecule has 0 radical (unpaired) electrons. The first-order valence-corrected chi connectivity index (χ1v) is 7.63. The zero-order valence-corrected chi connectivity index (χ0v) is 12.5. The number of hydrogen-bond donors (Lipinski definition) is 1. The fraction of sp³-hybridized carbons (Fsp3) is 0.733. The molecule has 0 amide bonds. The number of hydrogen-bond acceptors (Lipinski definition) is 5. The Morgan fingerprint density at radius 1 is 1.30 bits per heavy atom. The highest BCUT2D eigenvalue weighted by molar-refractivity contribution is 5.04. The predicted molar refractivity (Wildman–Crippen MR) is 79.5 cm³/mol. The fourth-order valence-electron chi connectivity index (χ4n) is 2.71. The maximum Gasteiger partial charge on any atom is 0.130 e. The van der Waals surface area contributed by atoms with Crippen molar-refractivity contribution in [2.75, 3.05) is 33.7 Å². The maximum absolute atomic E-state index is 4.71. The average molecular weight is 275 g/mol. The van der Waals surface area contributed by atoms with Gasteiger partial charge < -0.3 is 15.1 Å². The highest BCUT2D eigenvalue weighted by Crippen LogP contribution is 2.19. The van der Waals surface area contributed by atoms with E-state index < -0.39 is 0 Å². The molecule has 5 nitrogen and oxygen atoms in total. The first-order chi connectivity index (χ1) is 9.70. The third-order valence-corrected chi connectivity index (χ3v) is 4.31. The molecule has 1 N–H and O–H groups in total. The van der Waals surface area contributed by atoms with Crippen LogP contribution in [0, 0.1) is 0 Å². The van der Waals surface area contributed by atoms with Gasteiger partial charge in [-0.3, -0.25) is 0 Å². The summed E-state index contributed by atoms with van der Waals surface area (Å²) in [4.78, 5) is 14.0. The van der Waals surface area contributed by atoms with Crippen LogP contribution in [0.2, 0.25) is 0 Å². The summed E-state index contributed by atoms with van der Waals surface area (Å²) in [5, 5.41) is 3.51. The highest BCUT2D eigenvalue weighted by Gasteiger charge is 2.23. The molecule has 3 rings (SSSR count). The van der Waals surface area contributed by atoms with E-state index in [-0.39, 0.29) is 0 Å². The largest absolute Gasteiger partial charge is 0.308 e. The molecule has 5 heteroatoms. The van der Waals surface area contributed by atoms with Crippen molar-refractivity contribution in [1.29, 1.82) is 0 Å². The van der Waals surface area contributed by atoms with E-state index in [2.05, 4.69) is 34.2 Å². The Hall–Kier alpha value is -1.04. The van der Waals surface area contributed by atoms with Crippen molar-refractivity contribution in [1.82, 2.24) is 25.1 Å². The Labute approximate surface area is 121 Å². The van der Waals surface area contributed by atoms with Crippen LogP contribution in [0.5, 0.6) is 0 Å². The molecule has 1 aromatic heterocycles. The van der Waals surface area contributed by atoms with Crippen molar-refractivity contribution < 1.29 is 0 Å². The Morgan fingerprint density at radius 2 is 2.15 bits per heavy atom. The smallest absolute Gasteiger partial charge is 0.130 e. The molecule has 1 unspecified atom stereocenters. The zero-order chi connectivity index (χ0) is 13.9. The summed E-state index contributed by atoms with van der Waals surface area (Å²) in [7, 11) is 4.40. The molecule has 1 aliphatic carbocycles. The summed E-state index contributed by atoms with van der Waals surface area (Å²) < 4.78 is 0. The summed E-state index contributed by atoms with van der Waals surface area (Å²) >= 11 is 0. The molecule has 1 saturated carbocycles. The molecule has 1 saturated heterocycles.